The maximum Gasteiger partial charge on any atom is 0.190 e. The van der Waals surface area contributed by atoms with Gasteiger partial charge >= 0.3 is 0 Å². The van der Waals surface area contributed by atoms with E-state index in [1.807, 2.05) is 45.0 Å². The number of carbonyl (C=O) groups excluding carboxylic acids is 1. The van der Waals surface area contributed by atoms with E-state index >= 15 is 0 Å². The van der Waals surface area contributed by atoms with E-state index in [4.69, 9.17) is 0 Å². The van der Waals surface area contributed by atoms with Gasteiger partial charge in [-0.3, -0.25) is 4.79 Å². The number of hydrogen-bond donors (Lipinski definition) is 1. The Hall–Kier alpha value is -1.83. The topological polar surface area (TPSA) is 32.9 Å². The number of aromatic nitrogens is 1. The number of ketones is 1. The lowest BCUT2D eigenvalue weighted by Gasteiger charge is -2.01. The van der Waals surface area contributed by atoms with E-state index in [1.165, 1.54) is 0 Å². The Bertz CT molecular complexity index is 571. The van der Waals surface area contributed by atoms with Crippen molar-refractivity contribution in [2.24, 2.45) is 0 Å². The third-order valence-electron chi connectivity index (χ3n) is 2.92. The van der Waals surface area contributed by atoms with Crippen molar-refractivity contribution in [3.63, 3.8) is 0 Å². The molecule has 0 aliphatic carbocycles. The molecule has 1 aromatic carbocycles. The van der Waals surface area contributed by atoms with Gasteiger partial charge in [0.05, 0.1) is 0 Å². The molecule has 0 amide bonds. The number of para-hydroxylation sites is 1. The van der Waals surface area contributed by atoms with Crippen LogP contribution in [0, 0.1) is 0 Å². The molecule has 1 aromatic heterocycles. The maximum atomic E-state index is 12.2. The van der Waals surface area contributed by atoms with Crippen LogP contribution in [0.1, 0.15) is 31.1 Å². The predicted octanol–water partition coefficient (Wildman–Crippen LogP) is 3.71. The highest BCUT2D eigenvalue weighted by molar-refractivity contribution is 6.16. The highest BCUT2D eigenvalue weighted by Crippen LogP contribution is 2.21. The van der Waals surface area contributed by atoms with Crippen molar-refractivity contribution >= 4 is 16.7 Å². The third-order valence-corrected chi connectivity index (χ3v) is 2.92. The number of aromatic amines is 1. The fraction of sp³-hybridized carbons (Fsp3) is 0.214. The molecule has 0 radical (unpaired) electrons. The van der Waals surface area contributed by atoms with Crippen LogP contribution in [0.4, 0.5) is 0 Å². The van der Waals surface area contributed by atoms with Crippen molar-refractivity contribution in [3.8, 4) is 0 Å². The average Bonchev–Trinajstić information content (AvgIpc) is 2.70. The average molecular weight is 213 g/mol. The van der Waals surface area contributed by atoms with E-state index in [0.717, 1.165) is 27.6 Å². The first kappa shape index (κ1) is 10.7. The van der Waals surface area contributed by atoms with Gasteiger partial charge in [-0.2, -0.15) is 0 Å². The molecule has 2 rings (SSSR count). The first-order valence-electron chi connectivity index (χ1n) is 5.36. The molecule has 0 bridgehead atoms. The van der Waals surface area contributed by atoms with Crippen molar-refractivity contribution < 1.29 is 4.79 Å². The van der Waals surface area contributed by atoms with Crippen LogP contribution in [0.15, 0.2) is 41.6 Å². The van der Waals surface area contributed by atoms with Gasteiger partial charge in [-0.1, -0.05) is 23.8 Å². The van der Waals surface area contributed by atoms with Gasteiger partial charge in [0.25, 0.3) is 0 Å². The lowest BCUT2D eigenvalue weighted by atomic mass is 10.0. The quantitative estimate of drug-likeness (QED) is 0.598. The number of allylic oxidation sites excluding steroid dienone is 2. The first-order valence-corrected chi connectivity index (χ1v) is 5.36. The number of nitrogens with one attached hydrogen (secondary N) is 1. The van der Waals surface area contributed by atoms with E-state index in [-0.39, 0.29) is 5.78 Å². The lowest BCUT2D eigenvalue weighted by molar-refractivity contribution is 0.103. The van der Waals surface area contributed by atoms with Gasteiger partial charge in [0.2, 0.25) is 0 Å². The summed E-state index contributed by atoms with van der Waals surface area (Å²) in [6, 6.07) is 7.85. The molecule has 1 N–H and O–H groups in total. The second kappa shape index (κ2) is 3.97. The highest BCUT2D eigenvalue weighted by Gasteiger charge is 2.13. The zero-order valence-corrected chi connectivity index (χ0v) is 9.79. The van der Waals surface area contributed by atoms with E-state index in [0.29, 0.717) is 0 Å². The molecule has 1 heterocycles. The molecule has 2 nitrogen and oxygen atoms in total. The van der Waals surface area contributed by atoms with E-state index in [2.05, 4.69) is 4.98 Å². The predicted molar refractivity (Wildman–Crippen MR) is 66.7 cm³/mol. The van der Waals surface area contributed by atoms with E-state index < -0.39 is 0 Å². The normalized spacial score (nSPS) is 10.4. The molecular formula is C14H15NO. The van der Waals surface area contributed by atoms with Gasteiger partial charge in [-0.15, -0.1) is 0 Å². The summed E-state index contributed by atoms with van der Waals surface area (Å²) in [5.74, 6) is 0.109. The highest BCUT2D eigenvalue weighted by atomic mass is 16.1. The van der Waals surface area contributed by atoms with Crippen LogP contribution in [0.2, 0.25) is 0 Å². The summed E-state index contributed by atoms with van der Waals surface area (Å²) in [4.78, 5) is 15.3. The van der Waals surface area contributed by atoms with Gasteiger partial charge in [0, 0.05) is 22.7 Å². The maximum absolute atomic E-state index is 12.2. The largest absolute Gasteiger partial charge is 0.360 e. The van der Waals surface area contributed by atoms with Crippen LogP contribution in [0.25, 0.3) is 10.9 Å². The Morgan fingerprint density at radius 1 is 1.12 bits per heavy atom. The summed E-state index contributed by atoms with van der Waals surface area (Å²) in [6.07, 6.45) is 1.79. The van der Waals surface area contributed by atoms with Crippen molar-refractivity contribution in [2.75, 3.05) is 0 Å². The first-order chi connectivity index (χ1) is 7.61. The van der Waals surface area contributed by atoms with Crippen molar-refractivity contribution in [3.05, 3.63) is 47.2 Å². The molecule has 0 spiro atoms. The minimum atomic E-state index is 0.109. The molecule has 2 aromatic rings. The molecule has 0 atom stereocenters. The number of H-pyrrole nitrogens is 1. The van der Waals surface area contributed by atoms with Gasteiger partial charge in [0.15, 0.2) is 5.78 Å². The summed E-state index contributed by atoms with van der Waals surface area (Å²) in [7, 11) is 0. The zero-order chi connectivity index (χ0) is 11.7. The molecule has 0 saturated carbocycles. The smallest absolute Gasteiger partial charge is 0.190 e. The van der Waals surface area contributed by atoms with Crippen LogP contribution in [-0.2, 0) is 0 Å². The Morgan fingerprint density at radius 3 is 2.50 bits per heavy atom. The SMILES string of the molecule is CC(C)=C(C)C(=O)c1c[nH]c2ccccc12. The van der Waals surface area contributed by atoms with Crippen LogP contribution in [0.3, 0.4) is 0 Å². The molecule has 0 unspecified atom stereocenters. The fourth-order valence-electron chi connectivity index (χ4n) is 1.69. The molecule has 82 valence electrons. The Morgan fingerprint density at radius 2 is 1.81 bits per heavy atom. The van der Waals surface area contributed by atoms with Crippen molar-refractivity contribution in [1.82, 2.24) is 4.98 Å². The monoisotopic (exact) mass is 213 g/mol. The zero-order valence-electron chi connectivity index (χ0n) is 9.79. The second-order valence-corrected chi connectivity index (χ2v) is 4.20. The molecule has 0 fully saturated rings. The summed E-state index contributed by atoms with van der Waals surface area (Å²) in [6.45, 7) is 5.80. The summed E-state index contributed by atoms with van der Waals surface area (Å²) < 4.78 is 0. The third kappa shape index (κ3) is 1.67. The van der Waals surface area contributed by atoms with Crippen molar-refractivity contribution in [2.45, 2.75) is 20.8 Å². The Balaban J connectivity index is 2.57. The second-order valence-electron chi connectivity index (χ2n) is 4.20. The minimum absolute atomic E-state index is 0.109. The van der Waals surface area contributed by atoms with E-state index in [9.17, 15) is 4.79 Å². The number of carbonyl (C=O) groups is 1. The van der Waals surface area contributed by atoms with Gasteiger partial charge in [0.1, 0.15) is 0 Å². The van der Waals surface area contributed by atoms with E-state index in [1.54, 1.807) is 6.20 Å². The summed E-state index contributed by atoms with van der Waals surface area (Å²) >= 11 is 0. The van der Waals surface area contributed by atoms with Crippen molar-refractivity contribution in [1.29, 1.82) is 0 Å². The van der Waals surface area contributed by atoms with Gasteiger partial charge < -0.3 is 4.98 Å². The van der Waals surface area contributed by atoms with Crippen LogP contribution < -0.4 is 0 Å². The lowest BCUT2D eigenvalue weighted by Crippen LogP contribution is -2.01. The van der Waals surface area contributed by atoms with Gasteiger partial charge in [-0.05, 0) is 32.4 Å². The molecule has 0 aliphatic heterocycles. The minimum Gasteiger partial charge on any atom is -0.360 e. The Labute approximate surface area is 95.0 Å². The molecule has 0 saturated heterocycles. The number of rotatable bonds is 2. The fourth-order valence-corrected chi connectivity index (χ4v) is 1.69. The number of benzene rings is 1. The molecular weight excluding hydrogens is 198 g/mol. The molecule has 0 aliphatic rings. The number of fused-ring (bicyclic) bond motifs is 1. The summed E-state index contributed by atoms with van der Waals surface area (Å²) in [5, 5.41) is 0.994. The van der Waals surface area contributed by atoms with Crippen LogP contribution in [0.5, 0.6) is 0 Å². The number of hydrogen-bond acceptors (Lipinski definition) is 1. The molecule has 16 heavy (non-hydrogen) atoms. The van der Waals surface area contributed by atoms with Crippen LogP contribution in [-0.4, -0.2) is 10.8 Å². The summed E-state index contributed by atoms with van der Waals surface area (Å²) in [5.41, 5.74) is 3.65. The Kier molecular flexibility index (Phi) is 2.65. The molecule has 2 heteroatoms. The van der Waals surface area contributed by atoms with Gasteiger partial charge in [-0.25, -0.2) is 0 Å². The standard InChI is InChI=1S/C14H15NO/c1-9(2)10(3)14(16)12-8-15-13-7-5-4-6-11(12)13/h4-8,15H,1-3H3. The number of Topliss-reactive ketones (excluding diaryl/α,β-unsaturated/α-hetero) is 1. The van der Waals surface area contributed by atoms with Crippen LogP contribution >= 0.6 is 0 Å².